The zero-order valence-corrected chi connectivity index (χ0v) is 39.4. The summed E-state index contributed by atoms with van der Waals surface area (Å²) in [5.41, 5.74) is 16.2. The number of hydrazine groups is 1. The largest absolute Gasteiger partial charge is 0.399 e. The molecule has 3 aliphatic heterocycles. The molecule has 11 rings (SSSR count). The SMILES string of the molecule is CC1=NC(CCN(C)C2CCN(C(=O)c3ccc(Nc4ncc5cc6n(c5n4)C4(CCCCC4)C(=O)NN6)cc3)CC2)c2cc3cnc(NS(=O)(=O)c4ccc(N)cc4)nc3n2C12CCCCC2. The second kappa shape index (κ2) is 17.2. The third kappa shape index (κ3) is 7.68. The molecule has 0 bridgehead atoms. The van der Waals surface area contributed by atoms with Crippen LogP contribution in [0.2, 0.25) is 0 Å². The number of piperidine rings is 1. The first-order valence-corrected chi connectivity index (χ1v) is 25.5. The van der Waals surface area contributed by atoms with E-state index in [2.05, 4.69) is 64.9 Å². The van der Waals surface area contributed by atoms with Gasteiger partial charge in [0, 0.05) is 77.2 Å². The van der Waals surface area contributed by atoms with Gasteiger partial charge in [0.1, 0.15) is 22.7 Å². The average molecular weight is 939 g/mol. The summed E-state index contributed by atoms with van der Waals surface area (Å²) in [7, 11) is -1.77. The third-order valence-corrected chi connectivity index (χ3v) is 16.7. The number of hydrogen-bond acceptors (Lipinski definition) is 13. The lowest BCUT2D eigenvalue weighted by molar-refractivity contribution is -0.131. The van der Waals surface area contributed by atoms with Crippen LogP contribution in [0.3, 0.4) is 0 Å². The minimum atomic E-state index is -3.94. The van der Waals surface area contributed by atoms with E-state index in [0.717, 1.165) is 117 Å². The second-order valence-corrected chi connectivity index (χ2v) is 21.1. The quantitative estimate of drug-likeness (QED) is 0.0860. The third-order valence-electron chi connectivity index (χ3n) is 15.4. The average Bonchev–Trinajstić information content (AvgIpc) is 3.94. The van der Waals surface area contributed by atoms with E-state index in [1.165, 1.54) is 18.6 Å². The molecule has 19 heteroatoms. The molecule has 1 unspecified atom stereocenters. The Morgan fingerprint density at radius 2 is 1.46 bits per heavy atom. The Hall–Kier alpha value is -6.60. The topological polar surface area (TPSA) is 223 Å². The first-order valence-electron chi connectivity index (χ1n) is 24.1. The van der Waals surface area contributed by atoms with Gasteiger partial charge in [-0.25, -0.2) is 23.1 Å². The molecule has 4 aromatic heterocycles. The van der Waals surface area contributed by atoms with Crippen LogP contribution in [0.1, 0.15) is 112 Å². The number of nitrogens with one attached hydrogen (secondary N) is 4. The van der Waals surface area contributed by atoms with Gasteiger partial charge in [-0.15, -0.1) is 0 Å². The van der Waals surface area contributed by atoms with Crippen molar-refractivity contribution >= 4 is 78.7 Å². The number of anilines is 5. The number of nitrogens with two attached hydrogens (primary N) is 1. The van der Waals surface area contributed by atoms with Crippen molar-refractivity contribution in [3.05, 3.63) is 84.3 Å². The van der Waals surface area contributed by atoms with Gasteiger partial charge in [0.2, 0.25) is 11.9 Å². The molecule has 6 N–H and O–H groups in total. The van der Waals surface area contributed by atoms with Crippen molar-refractivity contribution in [3.8, 4) is 0 Å². The molecule has 2 aromatic carbocycles. The Balaban J connectivity index is 0.733. The molecule has 2 spiro atoms. The monoisotopic (exact) mass is 938 g/mol. The highest BCUT2D eigenvalue weighted by Crippen LogP contribution is 2.47. The van der Waals surface area contributed by atoms with Crippen LogP contribution < -0.4 is 26.6 Å². The number of carbonyl (C=O) groups is 2. The van der Waals surface area contributed by atoms with Gasteiger partial charge < -0.3 is 25.4 Å². The number of nitrogens with zero attached hydrogens (tertiary/aromatic N) is 9. The van der Waals surface area contributed by atoms with Crippen LogP contribution in [0.4, 0.5) is 29.1 Å². The lowest BCUT2D eigenvalue weighted by Crippen LogP contribution is -2.55. The number of benzene rings is 2. The predicted molar refractivity (Wildman–Crippen MR) is 262 cm³/mol. The van der Waals surface area contributed by atoms with E-state index in [9.17, 15) is 18.0 Å². The van der Waals surface area contributed by atoms with Gasteiger partial charge in [0.05, 0.1) is 16.5 Å². The molecule has 3 fully saturated rings. The molecule has 354 valence electrons. The maximum Gasteiger partial charge on any atom is 0.264 e. The Labute approximate surface area is 395 Å². The van der Waals surface area contributed by atoms with E-state index >= 15 is 0 Å². The summed E-state index contributed by atoms with van der Waals surface area (Å²) in [6.07, 6.45) is 15.9. The maximum atomic E-state index is 13.8. The zero-order valence-electron chi connectivity index (χ0n) is 38.5. The molecule has 0 radical (unpaired) electrons. The Bertz CT molecular complexity index is 3050. The number of fused-ring (bicyclic) bond motifs is 8. The standard InChI is InChI=1S/C49H58N14O4S/c1-31-48(20-5-3-6-21-48)62-40(27-33-29-52-47(56-42(33)62)59-68(66,67)38-15-11-35(50)12-16-38)39(53-31)19-24-60(2)37-17-25-61(26-18-37)44(64)32-9-13-36(14-10-32)54-46-51-30-34-28-41-57-58-45(65)49(22-7-4-8-23-49)63(41)43(34)55-46/h9-16,27-30,37,39,57H,3-8,17-26,50H2,1-2H3,(H,58,65)(H,51,54,55)(H,52,56,59). The molecule has 7 heterocycles. The summed E-state index contributed by atoms with van der Waals surface area (Å²) >= 11 is 0. The first kappa shape index (κ1) is 43.9. The van der Waals surface area contributed by atoms with E-state index < -0.39 is 15.6 Å². The predicted octanol–water partition coefficient (Wildman–Crippen LogP) is 7.22. The second-order valence-electron chi connectivity index (χ2n) is 19.4. The Morgan fingerprint density at radius 1 is 0.824 bits per heavy atom. The summed E-state index contributed by atoms with van der Waals surface area (Å²) in [5.74, 6) is 1.24. The van der Waals surface area contributed by atoms with Crippen molar-refractivity contribution in [1.29, 1.82) is 0 Å². The fraction of sp³-hybridized carbons (Fsp3) is 0.449. The lowest BCUT2D eigenvalue weighted by Gasteiger charge is -2.44. The molecule has 18 nitrogen and oxygen atoms in total. The molecule has 2 aliphatic carbocycles. The number of rotatable bonds is 10. The number of amides is 2. The molecule has 2 amide bonds. The van der Waals surface area contributed by atoms with E-state index in [0.29, 0.717) is 47.6 Å². The molecule has 68 heavy (non-hydrogen) atoms. The normalized spacial score (nSPS) is 20.2. The van der Waals surface area contributed by atoms with Crippen LogP contribution in [0.15, 0.2) is 82.9 Å². The lowest BCUT2D eigenvalue weighted by atomic mass is 9.76. The van der Waals surface area contributed by atoms with Crippen LogP contribution in [-0.4, -0.2) is 97.5 Å². The molecular weight excluding hydrogens is 881 g/mol. The first-order chi connectivity index (χ1) is 32.9. The number of aromatic nitrogens is 6. The maximum absolute atomic E-state index is 13.8. The number of hydrogen-bond donors (Lipinski definition) is 5. The fourth-order valence-electron chi connectivity index (χ4n) is 11.6. The Morgan fingerprint density at radius 3 is 2.16 bits per heavy atom. The number of aliphatic imine (C=N–C) groups is 1. The van der Waals surface area contributed by atoms with Gasteiger partial charge in [0.25, 0.3) is 21.8 Å². The highest BCUT2D eigenvalue weighted by molar-refractivity contribution is 7.92. The van der Waals surface area contributed by atoms with Crippen molar-refractivity contribution in [2.75, 3.05) is 47.9 Å². The summed E-state index contributed by atoms with van der Waals surface area (Å²) in [4.78, 5) is 55.7. The molecule has 2 saturated carbocycles. The minimum absolute atomic E-state index is 0.0134. The van der Waals surface area contributed by atoms with Gasteiger partial charge in [-0.3, -0.25) is 30.0 Å². The molecule has 1 atom stereocenters. The summed E-state index contributed by atoms with van der Waals surface area (Å²) in [6.45, 7) is 4.30. The van der Waals surface area contributed by atoms with Crippen LogP contribution in [0, 0.1) is 0 Å². The minimum Gasteiger partial charge on any atom is -0.399 e. The molecule has 5 aliphatic rings. The van der Waals surface area contributed by atoms with Crippen LogP contribution in [-0.2, 0) is 25.9 Å². The van der Waals surface area contributed by atoms with Gasteiger partial charge in [0.15, 0.2) is 0 Å². The molecule has 6 aromatic rings. The van der Waals surface area contributed by atoms with Crippen molar-refractivity contribution in [2.24, 2.45) is 4.99 Å². The van der Waals surface area contributed by atoms with Gasteiger partial charge in [-0.2, -0.15) is 9.97 Å². The summed E-state index contributed by atoms with van der Waals surface area (Å²) < 4.78 is 33.7. The number of likely N-dealkylation sites (tertiary alicyclic amines) is 1. The van der Waals surface area contributed by atoms with Crippen molar-refractivity contribution in [3.63, 3.8) is 0 Å². The van der Waals surface area contributed by atoms with E-state index in [-0.39, 0.29) is 34.2 Å². The summed E-state index contributed by atoms with van der Waals surface area (Å²) in [6, 6.07) is 17.9. The van der Waals surface area contributed by atoms with Crippen molar-refractivity contribution in [2.45, 2.75) is 118 Å². The number of nitrogen functional groups attached to an aromatic ring is 1. The van der Waals surface area contributed by atoms with Crippen molar-refractivity contribution < 1.29 is 18.0 Å². The fourth-order valence-corrected chi connectivity index (χ4v) is 12.6. The highest BCUT2D eigenvalue weighted by atomic mass is 32.2. The van der Waals surface area contributed by atoms with Crippen LogP contribution in [0.5, 0.6) is 0 Å². The zero-order chi connectivity index (χ0) is 46.8. The molecule has 1 saturated heterocycles. The smallest absolute Gasteiger partial charge is 0.264 e. The van der Waals surface area contributed by atoms with Crippen LogP contribution >= 0.6 is 0 Å². The number of sulfonamides is 1. The van der Waals surface area contributed by atoms with E-state index in [1.54, 1.807) is 24.5 Å². The molecular formula is C49H58N14O4S. The van der Waals surface area contributed by atoms with Gasteiger partial charge in [-0.05, 0) is 120 Å². The summed E-state index contributed by atoms with van der Waals surface area (Å²) in [5, 5.41) is 5.03. The van der Waals surface area contributed by atoms with Crippen LogP contribution in [0.25, 0.3) is 22.1 Å². The Kier molecular flexibility index (Phi) is 11.1. The number of carbonyl (C=O) groups excluding carboxylic acids is 2. The highest BCUT2D eigenvalue weighted by Gasteiger charge is 2.47. The van der Waals surface area contributed by atoms with Crippen molar-refractivity contribution in [1.82, 2.24) is 44.3 Å². The van der Waals surface area contributed by atoms with Gasteiger partial charge >= 0.3 is 0 Å². The van der Waals surface area contributed by atoms with Gasteiger partial charge in [-0.1, -0.05) is 38.5 Å². The van der Waals surface area contributed by atoms with E-state index in [4.69, 9.17) is 20.7 Å². The van der Waals surface area contributed by atoms with E-state index in [1.807, 2.05) is 35.2 Å².